The predicted octanol–water partition coefficient (Wildman–Crippen LogP) is 3.49. The SMILES string of the molecule is [2H]C([2H])C(Nc1ncc(C(N)=O)c(NC2CCC(C)C(O)C2)n1)(C([2H])[2H])C([2H])([2H])[2H].[2H]C([2H])C(Nc1ncc(C(N)=O)c(NC2CCC(C)C(O)C2)n1)(C([2H])[2H])C([2H])[2H]. The maximum Gasteiger partial charge on any atom is 0.254 e. The van der Waals surface area contributed by atoms with Crippen LogP contribution in [0.5, 0.6) is 0 Å². The Bertz CT molecular complexity index is 1700. The van der Waals surface area contributed by atoms with Crippen LogP contribution >= 0.6 is 0 Å². The monoisotopic (exact) mass is 656 g/mol. The van der Waals surface area contributed by atoms with Crippen LogP contribution < -0.4 is 32.7 Å². The van der Waals surface area contributed by atoms with Crippen molar-refractivity contribution in [2.45, 2.75) is 129 Å². The molecule has 0 aliphatic heterocycles. The zero-order valence-corrected chi connectivity index (χ0v) is 25.9. The molecule has 2 amide bonds. The van der Waals surface area contributed by atoms with Crippen LogP contribution in [0, 0.1) is 11.8 Å². The van der Waals surface area contributed by atoms with Crippen molar-refractivity contribution in [1.82, 2.24) is 19.9 Å². The van der Waals surface area contributed by atoms with Crippen molar-refractivity contribution in [3.05, 3.63) is 23.5 Å². The van der Waals surface area contributed by atoms with E-state index in [-0.39, 0.29) is 58.6 Å². The van der Waals surface area contributed by atoms with Crippen LogP contribution in [0.15, 0.2) is 12.4 Å². The van der Waals surface area contributed by atoms with Gasteiger partial charge in [-0.05, 0) is 91.6 Å². The number of carbonyl (C=O) groups excluding carboxylic acids is 2. The third kappa shape index (κ3) is 11.2. The molecule has 2 saturated carbocycles. The zero-order chi connectivity index (χ0) is 44.8. The first-order chi connectivity index (χ1) is 27.3. The lowest BCUT2D eigenvalue weighted by Crippen LogP contribution is -2.36. The van der Waals surface area contributed by atoms with E-state index in [4.69, 9.17) is 29.3 Å². The van der Waals surface area contributed by atoms with Gasteiger partial charge in [-0.3, -0.25) is 9.59 Å². The highest BCUT2D eigenvalue weighted by molar-refractivity contribution is 5.98. The van der Waals surface area contributed by atoms with Crippen LogP contribution in [0.4, 0.5) is 23.5 Å². The number of nitrogens with one attached hydrogen (secondary N) is 4. The van der Waals surface area contributed by atoms with Crippen LogP contribution in [0.1, 0.15) is 132 Å². The summed E-state index contributed by atoms with van der Waals surface area (Å²) in [5.41, 5.74) is 5.90. The first-order valence-electron chi connectivity index (χ1n) is 22.1. The van der Waals surface area contributed by atoms with Crippen LogP contribution in [-0.4, -0.2) is 77.3 Å². The number of nitrogens with two attached hydrogens (primary N) is 2. The van der Waals surface area contributed by atoms with E-state index in [9.17, 15) is 19.8 Å². The van der Waals surface area contributed by atoms with Gasteiger partial charge in [-0.2, -0.15) is 9.97 Å². The Morgan fingerprint density at radius 3 is 1.52 bits per heavy atom. The molecular weight excluding hydrogens is 588 g/mol. The second-order valence-corrected chi connectivity index (χ2v) is 12.1. The molecule has 6 atom stereocenters. The smallest absolute Gasteiger partial charge is 0.254 e. The summed E-state index contributed by atoms with van der Waals surface area (Å²) in [6.07, 6.45) is 4.98. The summed E-state index contributed by atoms with van der Waals surface area (Å²) in [4.78, 5) is 39.5. The molecule has 2 aromatic rings. The fraction of sp³-hybridized carbons (Fsp3) is 0.688. The Morgan fingerprint density at radius 1 is 0.761 bits per heavy atom. The van der Waals surface area contributed by atoms with Gasteiger partial charge in [0, 0.05) is 53.4 Å². The second-order valence-electron chi connectivity index (χ2n) is 12.1. The van der Waals surface area contributed by atoms with Crippen molar-refractivity contribution in [2.24, 2.45) is 23.3 Å². The second kappa shape index (κ2) is 15.2. The van der Waals surface area contributed by atoms with Gasteiger partial charge < -0.3 is 42.9 Å². The highest BCUT2D eigenvalue weighted by atomic mass is 16.3. The standard InChI is InChI=1S/2C16H27N5O2/c2*1-9-5-6-10(7-12(9)22)19-14-11(13(17)23)8-18-15(20-14)21-16(2,3)4/h2*8-10,12,22H,5-7H2,1-4H3,(H2,17,23)(H2,18,19,20,21)/i2D2,3D2,4D3;2D2,3D2,4D2. The molecule has 0 bridgehead atoms. The zero-order valence-electron chi connectivity index (χ0n) is 38.9. The summed E-state index contributed by atoms with van der Waals surface area (Å²) in [6, 6.07) is -0.392. The molecule has 2 heterocycles. The Balaban J connectivity index is 0.000000316. The number of anilines is 4. The van der Waals surface area contributed by atoms with Crippen LogP contribution in [0.3, 0.4) is 0 Å². The minimum atomic E-state index is -3.06. The molecule has 2 aromatic heterocycles. The quantitative estimate of drug-likeness (QED) is 0.204. The number of amides is 2. The maximum absolute atomic E-state index is 11.8. The number of aliphatic hydroxyl groups is 2. The van der Waals surface area contributed by atoms with Gasteiger partial charge in [0.15, 0.2) is 0 Å². The van der Waals surface area contributed by atoms with Crippen molar-refractivity contribution in [3.8, 4) is 0 Å². The third-order valence-electron chi connectivity index (χ3n) is 7.74. The van der Waals surface area contributed by atoms with Crippen molar-refractivity contribution >= 4 is 35.3 Å². The molecule has 46 heavy (non-hydrogen) atoms. The predicted molar refractivity (Wildman–Crippen MR) is 181 cm³/mol. The minimum Gasteiger partial charge on any atom is -0.393 e. The first-order valence-corrected chi connectivity index (χ1v) is 14.8. The molecule has 256 valence electrons. The molecule has 2 aliphatic carbocycles. The lowest BCUT2D eigenvalue weighted by atomic mass is 9.85. The van der Waals surface area contributed by atoms with Crippen LogP contribution in [-0.2, 0) is 0 Å². The molecule has 0 radical (unpaired) electrons. The molecule has 6 unspecified atom stereocenters. The molecule has 0 aromatic carbocycles. The average Bonchev–Trinajstić information content (AvgIpc) is 3.11. The van der Waals surface area contributed by atoms with Gasteiger partial charge in [-0.15, -0.1) is 0 Å². The number of aliphatic hydroxyl groups excluding tert-OH is 2. The fourth-order valence-electron chi connectivity index (χ4n) is 5.09. The summed E-state index contributed by atoms with van der Waals surface area (Å²) < 4.78 is 99.6. The summed E-state index contributed by atoms with van der Waals surface area (Å²) in [6.45, 7) is -9.08. The third-order valence-corrected chi connectivity index (χ3v) is 7.74. The number of nitrogens with zero attached hydrogens (tertiary/aromatic N) is 4. The minimum absolute atomic E-state index is 0.00390. The Labute approximate surface area is 290 Å². The number of rotatable bonds is 8. The van der Waals surface area contributed by atoms with Gasteiger partial charge in [0.2, 0.25) is 11.9 Å². The Hall–Kier alpha value is -3.78. The summed E-state index contributed by atoms with van der Waals surface area (Å²) in [5, 5.41) is 31.1. The number of hydrogen-bond donors (Lipinski definition) is 8. The highest BCUT2D eigenvalue weighted by Crippen LogP contribution is 2.29. The highest BCUT2D eigenvalue weighted by Gasteiger charge is 2.29. The van der Waals surface area contributed by atoms with Gasteiger partial charge in [0.25, 0.3) is 11.8 Å². The Morgan fingerprint density at radius 2 is 1.17 bits per heavy atom. The van der Waals surface area contributed by atoms with E-state index in [0.29, 0.717) is 19.3 Å². The van der Waals surface area contributed by atoms with E-state index in [1.54, 1.807) is 0 Å². The van der Waals surface area contributed by atoms with E-state index >= 15 is 0 Å². The van der Waals surface area contributed by atoms with Crippen LogP contribution in [0.2, 0.25) is 0 Å². The fourth-order valence-corrected chi connectivity index (χ4v) is 5.09. The van der Waals surface area contributed by atoms with Crippen molar-refractivity contribution < 1.29 is 37.6 Å². The normalized spacial score (nSPS) is 29.7. The molecule has 4 rings (SSSR count). The summed E-state index contributed by atoms with van der Waals surface area (Å²) in [5.74, 6) is -1.84. The summed E-state index contributed by atoms with van der Waals surface area (Å²) in [7, 11) is 0. The molecule has 2 aliphatic rings. The largest absolute Gasteiger partial charge is 0.393 e. The Kier molecular flexibility index (Phi) is 7.24. The lowest BCUT2D eigenvalue weighted by molar-refractivity contribution is 0.0737. The van der Waals surface area contributed by atoms with E-state index in [1.165, 1.54) is 0 Å². The molecule has 0 spiro atoms. The van der Waals surface area contributed by atoms with E-state index in [2.05, 4.69) is 41.2 Å². The van der Waals surface area contributed by atoms with Gasteiger partial charge in [-0.25, -0.2) is 9.97 Å². The van der Waals surface area contributed by atoms with Crippen molar-refractivity contribution in [2.75, 3.05) is 21.3 Å². The van der Waals surface area contributed by atoms with Gasteiger partial charge in [-0.1, -0.05) is 13.8 Å². The van der Waals surface area contributed by atoms with E-state index in [1.807, 2.05) is 13.8 Å². The topological polar surface area (TPSA) is 226 Å². The number of aromatic nitrogens is 4. The number of hydrogen-bond acceptors (Lipinski definition) is 12. The van der Waals surface area contributed by atoms with E-state index in [0.717, 1.165) is 31.7 Å². The van der Waals surface area contributed by atoms with Gasteiger partial charge in [0.05, 0.1) is 23.3 Å². The number of carbonyl (C=O) groups is 2. The summed E-state index contributed by atoms with van der Waals surface area (Å²) >= 11 is 0. The lowest BCUT2D eigenvalue weighted by Gasteiger charge is -2.32. The van der Waals surface area contributed by atoms with Crippen molar-refractivity contribution in [3.63, 3.8) is 0 Å². The average molecular weight is 656 g/mol. The number of primary amides is 2. The molecule has 14 heteroatoms. The van der Waals surface area contributed by atoms with Gasteiger partial charge in [0.1, 0.15) is 11.6 Å². The van der Waals surface area contributed by atoms with E-state index < -0.39 is 76.3 Å². The first kappa shape index (κ1) is 21.9. The van der Waals surface area contributed by atoms with Crippen molar-refractivity contribution in [1.29, 1.82) is 0 Å². The molecular formula is C32H54N10O4. The molecule has 0 saturated heterocycles. The molecule has 14 nitrogen and oxygen atoms in total. The molecule has 2 fully saturated rings. The maximum atomic E-state index is 11.8. The molecule has 10 N–H and O–H groups in total. The van der Waals surface area contributed by atoms with Crippen LogP contribution in [0.25, 0.3) is 0 Å². The van der Waals surface area contributed by atoms with Gasteiger partial charge >= 0.3 is 0 Å².